The van der Waals surface area contributed by atoms with Gasteiger partial charge in [-0.3, -0.25) is 4.79 Å². The van der Waals surface area contributed by atoms with Crippen molar-refractivity contribution in [2.24, 2.45) is 17.1 Å². The zero-order valence-electron chi connectivity index (χ0n) is 10.3. The van der Waals surface area contributed by atoms with Gasteiger partial charge in [0, 0.05) is 25.1 Å². The molecule has 0 aromatic carbocycles. The van der Waals surface area contributed by atoms with Crippen molar-refractivity contribution in [1.82, 2.24) is 4.90 Å². The first-order valence-electron chi connectivity index (χ1n) is 6.19. The van der Waals surface area contributed by atoms with Gasteiger partial charge in [0.25, 0.3) is 0 Å². The Labute approximate surface area is 107 Å². The first kappa shape index (κ1) is 12.8. The summed E-state index contributed by atoms with van der Waals surface area (Å²) in [5.41, 5.74) is 5.68. The molecule has 0 aromatic heterocycles. The maximum Gasteiger partial charge on any atom is 0.228 e. The smallest absolute Gasteiger partial charge is 0.228 e. The maximum atomic E-state index is 12.2. The summed E-state index contributed by atoms with van der Waals surface area (Å²) >= 11 is 5.09. The summed E-state index contributed by atoms with van der Waals surface area (Å²) in [7, 11) is 0. The highest BCUT2D eigenvalue weighted by atomic mass is 32.1. The van der Waals surface area contributed by atoms with E-state index in [4.69, 9.17) is 22.7 Å². The second kappa shape index (κ2) is 4.90. The molecule has 0 radical (unpaired) electrons. The number of hydrogen-bond donors (Lipinski definition) is 1. The van der Waals surface area contributed by atoms with Gasteiger partial charge in [0.2, 0.25) is 5.91 Å². The lowest BCUT2D eigenvalue weighted by atomic mass is 9.80. The normalized spacial score (nSPS) is 28.1. The van der Waals surface area contributed by atoms with Crippen LogP contribution in [0.25, 0.3) is 0 Å². The number of amides is 1. The number of carbonyl (C=O) groups excluding carboxylic acids is 1. The highest BCUT2D eigenvalue weighted by molar-refractivity contribution is 7.80. The van der Waals surface area contributed by atoms with E-state index in [0.717, 1.165) is 39.0 Å². The van der Waals surface area contributed by atoms with Crippen molar-refractivity contribution in [3.05, 3.63) is 0 Å². The van der Waals surface area contributed by atoms with Crippen molar-refractivity contribution < 1.29 is 9.53 Å². The zero-order chi connectivity index (χ0) is 12.5. The summed E-state index contributed by atoms with van der Waals surface area (Å²) in [5.74, 6) is 0.316. The lowest BCUT2D eigenvalue weighted by Crippen LogP contribution is -2.48. The van der Waals surface area contributed by atoms with Crippen LogP contribution in [0.5, 0.6) is 0 Å². The van der Waals surface area contributed by atoms with Crippen LogP contribution in [0.4, 0.5) is 0 Å². The highest BCUT2D eigenvalue weighted by Crippen LogP contribution is 2.32. The van der Waals surface area contributed by atoms with Crippen LogP contribution in [0.1, 0.15) is 26.2 Å². The number of piperidine rings is 1. The van der Waals surface area contributed by atoms with E-state index in [1.54, 1.807) is 0 Å². The minimum Gasteiger partial charge on any atom is -0.393 e. The molecule has 2 heterocycles. The topological polar surface area (TPSA) is 55.6 Å². The van der Waals surface area contributed by atoms with Gasteiger partial charge in [-0.1, -0.05) is 19.1 Å². The average Bonchev–Trinajstić information content (AvgIpc) is 2.82. The molecule has 0 bridgehead atoms. The highest BCUT2D eigenvalue weighted by Gasteiger charge is 2.36. The third-order valence-electron chi connectivity index (χ3n) is 4.05. The molecule has 0 aromatic rings. The standard InChI is InChI=1S/C12H20N2O2S/c1-12(11(13)17)3-5-14(6-4-12)10(15)9-2-7-16-8-9/h9H,2-8H2,1H3,(H2,13,17). The molecule has 2 rings (SSSR count). The van der Waals surface area contributed by atoms with Crippen LogP contribution in [0.15, 0.2) is 0 Å². The van der Waals surface area contributed by atoms with Crippen molar-refractivity contribution in [3.8, 4) is 0 Å². The second-order valence-corrected chi connectivity index (χ2v) is 5.75. The van der Waals surface area contributed by atoms with Crippen LogP contribution in [0.2, 0.25) is 0 Å². The van der Waals surface area contributed by atoms with Crippen LogP contribution < -0.4 is 5.73 Å². The molecule has 1 amide bonds. The molecule has 2 saturated heterocycles. The Morgan fingerprint density at radius 3 is 2.59 bits per heavy atom. The van der Waals surface area contributed by atoms with E-state index in [2.05, 4.69) is 6.92 Å². The second-order valence-electron chi connectivity index (χ2n) is 5.31. The third kappa shape index (κ3) is 2.60. The molecule has 0 aliphatic carbocycles. The minimum absolute atomic E-state index is 0.0711. The molecule has 0 spiro atoms. The van der Waals surface area contributed by atoms with Crippen LogP contribution in [-0.2, 0) is 9.53 Å². The van der Waals surface area contributed by atoms with E-state index < -0.39 is 0 Å². The number of hydrogen-bond acceptors (Lipinski definition) is 3. The van der Waals surface area contributed by atoms with Crippen molar-refractivity contribution >= 4 is 23.1 Å². The van der Waals surface area contributed by atoms with Gasteiger partial charge in [0.1, 0.15) is 0 Å². The van der Waals surface area contributed by atoms with Crippen molar-refractivity contribution in [2.75, 3.05) is 26.3 Å². The molecule has 2 N–H and O–H groups in total. The molecular weight excluding hydrogens is 236 g/mol. The summed E-state index contributed by atoms with van der Waals surface area (Å²) in [5, 5.41) is 0. The molecular formula is C12H20N2O2S. The fraction of sp³-hybridized carbons (Fsp3) is 0.833. The van der Waals surface area contributed by atoms with Crippen molar-refractivity contribution in [2.45, 2.75) is 26.2 Å². The number of likely N-dealkylation sites (tertiary alicyclic amines) is 1. The number of thiocarbonyl (C=S) groups is 1. The predicted molar refractivity (Wildman–Crippen MR) is 69.6 cm³/mol. The lowest BCUT2D eigenvalue weighted by molar-refractivity contribution is -0.137. The van der Waals surface area contributed by atoms with Gasteiger partial charge >= 0.3 is 0 Å². The van der Waals surface area contributed by atoms with E-state index in [-0.39, 0.29) is 17.2 Å². The first-order valence-corrected chi connectivity index (χ1v) is 6.60. The van der Waals surface area contributed by atoms with E-state index >= 15 is 0 Å². The average molecular weight is 256 g/mol. The monoisotopic (exact) mass is 256 g/mol. The van der Waals surface area contributed by atoms with Crippen LogP contribution in [0.3, 0.4) is 0 Å². The lowest BCUT2D eigenvalue weighted by Gasteiger charge is -2.39. The number of nitrogens with zero attached hydrogens (tertiary/aromatic N) is 1. The molecule has 96 valence electrons. The SMILES string of the molecule is CC1(C(N)=S)CCN(C(=O)C2CCOC2)CC1. The maximum absolute atomic E-state index is 12.2. The summed E-state index contributed by atoms with van der Waals surface area (Å²) in [6, 6.07) is 0. The fourth-order valence-corrected chi connectivity index (χ4v) is 2.66. The molecule has 2 fully saturated rings. The Balaban J connectivity index is 1.90. The molecule has 0 saturated carbocycles. The van der Waals surface area contributed by atoms with E-state index in [1.807, 2.05) is 4.90 Å². The predicted octanol–water partition coefficient (Wildman–Crippen LogP) is 0.938. The Morgan fingerprint density at radius 2 is 2.12 bits per heavy atom. The number of carbonyl (C=O) groups is 1. The first-order chi connectivity index (χ1) is 8.03. The van der Waals surface area contributed by atoms with E-state index in [1.165, 1.54) is 0 Å². The van der Waals surface area contributed by atoms with Gasteiger partial charge in [-0.05, 0) is 19.3 Å². The third-order valence-corrected chi connectivity index (χ3v) is 4.55. The van der Waals surface area contributed by atoms with Gasteiger partial charge in [-0.2, -0.15) is 0 Å². The Hall–Kier alpha value is -0.680. The summed E-state index contributed by atoms with van der Waals surface area (Å²) < 4.78 is 5.26. The summed E-state index contributed by atoms with van der Waals surface area (Å²) in [6.07, 6.45) is 2.62. The van der Waals surface area contributed by atoms with Gasteiger partial charge < -0.3 is 15.4 Å². The number of ether oxygens (including phenoxy) is 1. The van der Waals surface area contributed by atoms with Gasteiger partial charge in [-0.15, -0.1) is 0 Å². The number of nitrogens with two attached hydrogens (primary N) is 1. The quantitative estimate of drug-likeness (QED) is 0.747. The zero-order valence-corrected chi connectivity index (χ0v) is 11.1. The summed E-state index contributed by atoms with van der Waals surface area (Å²) in [6.45, 7) is 4.93. The molecule has 4 nitrogen and oxygen atoms in total. The van der Waals surface area contributed by atoms with Crippen LogP contribution in [0, 0.1) is 11.3 Å². The summed E-state index contributed by atoms with van der Waals surface area (Å²) in [4.78, 5) is 14.7. The van der Waals surface area contributed by atoms with Crippen molar-refractivity contribution in [1.29, 1.82) is 0 Å². The Bertz CT molecular complexity index is 318. The Kier molecular flexibility index (Phi) is 3.68. The van der Waals surface area contributed by atoms with Crippen LogP contribution >= 0.6 is 12.2 Å². The molecule has 5 heteroatoms. The molecule has 2 aliphatic heterocycles. The van der Waals surface area contributed by atoms with Gasteiger partial charge in [0.15, 0.2) is 0 Å². The van der Waals surface area contributed by atoms with Crippen LogP contribution in [-0.4, -0.2) is 42.1 Å². The largest absolute Gasteiger partial charge is 0.393 e. The molecule has 1 unspecified atom stereocenters. The van der Waals surface area contributed by atoms with Gasteiger partial charge in [0.05, 0.1) is 17.5 Å². The van der Waals surface area contributed by atoms with Crippen molar-refractivity contribution in [3.63, 3.8) is 0 Å². The fourth-order valence-electron chi connectivity index (χ4n) is 2.45. The van der Waals surface area contributed by atoms with Gasteiger partial charge in [-0.25, -0.2) is 0 Å². The molecule has 2 aliphatic rings. The molecule has 17 heavy (non-hydrogen) atoms. The minimum atomic E-state index is -0.0711. The number of rotatable bonds is 2. The van der Waals surface area contributed by atoms with E-state index in [0.29, 0.717) is 11.6 Å². The van der Waals surface area contributed by atoms with E-state index in [9.17, 15) is 4.79 Å². The molecule has 1 atom stereocenters. The Morgan fingerprint density at radius 1 is 1.47 bits per heavy atom.